The van der Waals surface area contributed by atoms with Crippen LogP contribution in [0.2, 0.25) is 0 Å². The highest BCUT2D eigenvalue weighted by atomic mass is 16.5. The zero-order valence-electron chi connectivity index (χ0n) is 15.5. The van der Waals surface area contributed by atoms with Crippen LogP contribution in [0.3, 0.4) is 0 Å². The fourth-order valence-electron chi connectivity index (χ4n) is 2.94. The molecule has 1 fully saturated rings. The first-order valence-corrected chi connectivity index (χ1v) is 8.89. The average molecular weight is 346 g/mol. The number of rotatable bonds is 6. The molecule has 1 aromatic carbocycles. The average Bonchev–Trinajstić information content (AvgIpc) is 2.59. The van der Waals surface area contributed by atoms with Crippen LogP contribution in [0.4, 0.5) is 5.69 Å². The zero-order chi connectivity index (χ0) is 18.3. The summed E-state index contributed by atoms with van der Waals surface area (Å²) in [4.78, 5) is 14.3. The van der Waals surface area contributed by atoms with Crippen molar-refractivity contribution in [2.24, 2.45) is 5.41 Å². The largest absolute Gasteiger partial charge is 0.394 e. The molecule has 1 aromatic rings. The molecule has 1 atom stereocenters. The number of aliphatic hydroxyl groups excluding tert-OH is 1. The van der Waals surface area contributed by atoms with Gasteiger partial charge in [0.1, 0.15) is 0 Å². The van der Waals surface area contributed by atoms with Crippen LogP contribution in [0.5, 0.6) is 0 Å². The molecule has 1 heterocycles. The Morgan fingerprint density at radius 1 is 1.28 bits per heavy atom. The maximum absolute atomic E-state index is 12.1. The van der Waals surface area contributed by atoms with Gasteiger partial charge in [0.2, 0.25) is 5.91 Å². The SMILES string of the molecule is CC(C)(C)CC(CO)NC(=O)/C=C/c1ccc(N2CCOCC2)cc1. The van der Waals surface area contributed by atoms with E-state index in [9.17, 15) is 9.90 Å². The van der Waals surface area contributed by atoms with Crippen LogP contribution in [-0.4, -0.2) is 50.0 Å². The minimum atomic E-state index is -0.221. The molecule has 1 unspecified atom stereocenters. The van der Waals surface area contributed by atoms with E-state index in [1.54, 1.807) is 6.08 Å². The summed E-state index contributed by atoms with van der Waals surface area (Å²) in [5.41, 5.74) is 2.21. The van der Waals surface area contributed by atoms with E-state index in [0.29, 0.717) is 0 Å². The first-order valence-electron chi connectivity index (χ1n) is 8.89. The van der Waals surface area contributed by atoms with E-state index in [1.165, 1.54) is 11.8 Å². The van der Waals surface area contributed by atoms with Crippen LogP contribution in [0.1, 0.15) is 32.8 Å². The summed E-state index contributed by atoms with van der Waals surface area (Å²) >= 11 is 0. The second-order valence-electron chi connectivity index (χ2n) is 7.68. The van der Waals surface area contributed by atoms with E-state index in [1.807, 2.05) is 12.1 Å². The van der Waals surface area contributed by atoms with Crippen LogP contribution < -0.4 is 10.2 Å². The molecule has 0 aromatic heterocycles. The molecule has 0 saturated carbocycles. The molecular weight excluding hydrogens is 316 g/mol. The van der Waals surface area contributed by atoms with Crippen LogP contribution in [-0.2, 0) is 9.53 Å². The molecule has 1 aliphatic heterocycles. The lowest BCUT2D eigenvalue weighted by atomic mass is 9.88. The summed E-state index contributed by atoms with van der Waals surface area (Å²) in [7, 11) is 0. The topological polar surface area (TPSA) is 61.8 Å². The monoisotopic (exact) mass is 346 g/mol. The van der Waals surface area contributed by atoms with Gasteiger partial charge in [-0.25, -0.2) is 0 Å². The highest BCUT2D eigenvalue weighted by Crippen LogP contribution is 2.20. The van der Waals surface area contributed by atoms with Crippen molar-refractivity contribution in [1.29, 1.82) is 0 Å². The smallest absolute Gasteiger partial charge is 0.244 e. The lowest BCUT2D eigenvalue weighted by Gasteiger charge is -2.28. The Kier molecular flexibility index (Phi) is 7.02. The lowest BCUT2D eigenvalue weighted by molar-refractivity contribution is -0.117. The minimum absolute atomic E-state index is 0.0505. The predicted molar refractivity (Wildman–Crippen MR) is 102 cm³/mol. The standard InChI is InChI=1S/C20H30N2O3/c1-20(2,3)14-17(15-23)21-19(24)9-6-16-4-7-18(8-5-16)22-10-12-25-13-11-22/h4-9,17,23H,10-15H2,1-3H3,(H,21,24)/b9-6+. The molecule has 138 valence electrons. The lowest BCUT2D eigenvalue weighted by Crippen LogP contribution is -2.39. The molecule has 25 heavy (non-hydrogen) atoms. The van der Waals surface area contributed by atoms with E-state index in [4.69, 9.17) is 4.74 Å². The maximum atomic E-state index is 12.1. The number of nitrogens with zero attached hydrogens (tertiary/aromatic N) is 1. The number of ether oxygens (including phenoxy) is 1. The van der Waals surface area contributed by atoms with Gasteiger partial charge in [0.25, 0.3) is 0 Å². The molecule has 1 saturated heterocycles. The van der Waals surface area contributed by atoms with Gasteiger partial charge < -0.3 is 20.1 Å². The highest BCUT2D eigenvalue weighted by Gasteiger charge is 2.19. The normalized spacial score (nSPS) is 16.9. The number of hydrogen-bond donors (Lipinski definition) is 2. The first kappa shape index (κ1) is 19.5. The number of benzene rings is 1. The zero-order valence-corrected chi connectivity index (χ0v) is 15.5. The van der Waals surface area contributed by atoms with E-state index in [0.717, 1.165) is 38.3 Å². The Morgan fingerprint density at radius 2 is 1.92 bits per heavy atom. The Hall–Kier alpha value is -1.85. The van der Waals surface area contributed by atoms with Gasteiger partial charge in [-0.1, -0.05) is 32.9 Å². The van der Waals surface area contributed by atoms with Crippen molar-refractivity contribution in [3.63, 3.8) is 0 Å². The maximum Gasteiger partial charge on any atom is 0.244 e. The molecule has 0 bridgehead atoms. The second-order valence-corrected chi connectivity index (χ2v) is 7.68. The summed E-state index contributed by atoms with van der Waals surface area (Å²) in [5.74, 6) is -0.180. The minimum Gasteiger partial charge on any atom is -0.394 e. The van der Waals surface area contributed by atoms with Crippen molar-refractivity contribution in [2.75, 3.05) is 37.8 Å². The van der Waals surface area contributed by atoms with Crippen molar-refractivity contribution in [3.05, 3.63) is 35.9 Å². The van der Waals surface area contributed by atoms with E-state index < -0.39 is 0 Å². The van der Waals surface area contributed by atoms with E-state index in [-0.39, 0.29) is 24.0 Å². The molecule has 1 amide bonds. The second kappa shape index (κ2) is 9.02. The summed E-state index contributed by atoms with van der Waals surface area (Å²) < 4.78 is 5.37. The predicted octanol–water partition coefficient (Wildman–Crippen LogP) is 2.45. The van der Waals surface area contributed by atoms with Gasteiger partial charge in [-0.15, -0.1) is 0 Å². The summed E-state index contributed by atoms with van der Waals surface area (Å²) in [6.45, 7) is 9.58. The van der Waals surface area contributed by atoms with Gasteiger partial charge in [0.05, 0.1) is 25.9 Å². The Morgan fingerprint density at radius 3 is 2.48 bits per heavy atom. The first-order chi connectivity index (χ1) is 11.9. The summed E-state index contributed by atoms with van der Waals surface area (Å²) in [5, 5.41) is 12.3. The van der Waals surface area contributed by atoms with Gasteiger partial charge in [0.15, 0.2) is 0 Å². The number of aliphatic hydroxyl groups is 1. The van der Waals surface area contributed by atoms with Crippen LogP contribution in [0.25, 0.3) is 6.08 Å². The van der Waals surface area contributed by atoms with Crippen molar-refractivity contribution in [3.8, 4) is 0 Å². The van der Waals surface area contributed by atoms with Crippen LogP contribution in [0.15, 0.2) is 30.3 Å². The molecular formula is C20H30N2O3. The summed E-state index contributed by atoms with van der Waals surface area (Å²) in [6.07, 6.45) is 4.05. The Labute approximate surface area is 150 Å². The molecule has 2 N–H and O–H groups in total. The van der Waals surface area contributed by atoms with Crippen molar-refractivity contribution < 1.29 is 14.6 Å². The van der Waals surface area contributed by atoms with Crippen molar-refractivity contribution in [2.45, 2.75) is 33.2 Å². The third kappa shape index (κ3) is 6.88. The number of anilines is 1. The highest BCUT2D eigenvalue weighted by molar-refractivity contribution is 5.91. The molecule has 1 aliphatic rings. The van der Waals surface area contributed by atoms with Crippen molar-refractivity contribution in [1.82, 2.24) is 5.32 Å². The number of hydrogen-bond acceptors (Lipinski definition) is 4. The van der Waals surface area contributed by atoms with Crippen LogP contribution >= 0.6 is 0 Å². The molecule has 2 rings (SSSR count). The van der Waals surface area contributed by atoms with Gasteiger partial charge in [-0.3, -0.25) is 4.79 Å². The van der Waals surface area contributed by atoms with Gasteiger partial charge >= 0.3 is 0 Å². The number of carbonyl (C=O) groups excluding carboxylic acids is 1. The van der Waals surface area contributed by atoms with Crippen LogP contribution in [0, 0.1) is 5.41 Å². The number of nitrogens with one attached hydrogen (secondary N) is 1. The Bertz CT molecular complexity index is 570. The number of amides is 1. The fraction of sp³-hybridized carbons (Fsp3) is 0.550. The van der Waals surface area contributed by atoms with E-state index in [2.05, 4.69) is 43.1 Å². The molecule has 5 nitrogen and oxygen atoms in total. The molecule has 0 radical (unpaired) electrons. The van der Waals surface area contributed by atoms with Gasteiger partial charge in [-0.05, 0) is 35.6 Å². The van der Waals surface area contributed by atoms with Gasteiger partial charge in [0, 0.05) is 24.9 Å². The van der Waals surface area contributed by atoms with E-state index >= 15 is 0 Å². The van der Waals surface area contributed by atoms with Gasteiger partial charge in [-0.2, -0.15) is 0 Å². The third-order valence-electron chi connectivity index (χ3n) is 4.12. The third-order valence-corrected chi connectivity index (χ3v) is 4.12. The summed E-state index contributed by atoms with van der Waals surface area (Å²) in [6, 6.07) is 7.93. The quantitative estimate of drug-likeness (QED) is 0.777. The van der Waals surface area contributed by atoms with Crippen molar-refractivity contribution >= 4 is 17.7 Å². The number of carbonyl (C=O) groups is 1. The molecule has 0 aliphatic carbocycles. The number of morpholine rings is 1. The Balaban J connectivity index is 1.88. The molecule has 5 heteroatoms. The fourth-order valence-corrected chi connectivity index (χ4v) is 2.94. The molecule has 0 spiro atoms.